The number of carbonyl (C=O) groups is 1. The third-order valence-corrected chi connectivity index (χ3v) is 5.16. The zero-order valence-electron chi connectivity index (χ0n) is 15.4. The molecule has 0 spiro atoms. The maximum absolute atomic E-state index is 12.9. The van der Waals surface area contributed by atoms with Gasteiger partial charge in [0.2, 0.25) is 5.91 Å². The summed E-state index contributed by atoms with van der Waals surface area (Å²) >= 11 is 0. The number of hydrogen-bond acceptors (Lipinski definition) is 4. The summed E-state index contributed by atoms with van der Waals surface area (Å²) in [6.07, 6.45) is 2.65. The first kappa shape index (κ1) is 16.8. The van der Waals surface area contributed by atoms with Gasteiger partial charge in [0.05, 0.1) is 11.7 Å². The van der Waals surface area contributed by atoms with Gasteiger partial charge < -0.3 is 9.32 Å². The minimum Gasteiger partial charge on any atom is -0.422 e. The minimum absolute atomic E-state index is 0.0439. The quantitative estimate of drug-likeness (QED) is 0.664. The molecule has 3 heterocycles. The fourth-order valence-electron chi connectivity index (χ4n) is 4.11. The van der Waals surface area contributed by atoms with E-state index < -0.39 is 5.63 Å². The van der Waals surface area contributed by atoms with Crippen LogP contribution >= 0.6 is 0 Å². The summed E-state index contributed by atoms with van der Waals surface area (Å²) in [7, 11) is 0. The highest BCUT2D eigenvalue weighted by atomic mass is 16.4. The van der Waals surface area contributed by atoms with Crippen molar-refractivity contribution in [3.05, 3.63) is 40.4 Å². The van der Waals surface area contributed by atoms with E-state index in [0.717, 1.165) is 30.5 Å². The molecule has 0 radical (unpaired) electrons. The molecule has 1 saturated heterocycles. The van der Waals surface area contributed by atoms with Gasteiger partial charge in [0.25, 0.3) is 0 Å². The van der Waals surface area contributed by atoms with Crippen molar-refractivity contribution in [2.24, 2.45) is 11.8 Å². The van der Waals surface area contributed by atoms with Crippen LogP contribution in [0.4, 0.5) is 0 Å². The second kappa shape index (κ2) is 6.27. The molecule has 1 aromatic carbocycles. The largest absolute Gasteiger partial charge is 0.422 e. The Labute approximate surface area is 151 Å². The number of fused-ring (bicyclic) bond motifs is 3. The summed E-state index contributed by atoms with van der Waals surface area (Å²) in [5.74, 6) is 1.06. The van der Waals surface area contributed by atoms with Crippen molar-refractivity contribution in [3.63, 3.8) is 0 Å². The Bertz CT molecular complexity index is 1040. The summed E-state index contributed by atoms with van der Waals surface area (Å²) in [5.41, 5.74) is 1.83. The van der Waals surface area contributed by atoms with Gasteiger partial charge in [-0.25, -0.2) is 4.79 Å². The number of aromatic nitrogens is 2. The molecule has 1 aliphatic rings. The molecule has 0 aliphatic carbocycles. The van der Waals surface area contributed by atoms with E-state index in [1.54, 1.807) is 10.7 Å². The highest BCUT2D eigenvalue weighted by Gasteiger charge is 2.26. The van der Waals surface area contributed by atoms with E-state index in [0.29, 0.717) is 28.3 Å². The molecule has 4 rings (SSSR count). The third-order valence-electron chi connectivity index (χ3n) is 5.16. The summed E-state index contributed by atoms with van der Waals surface area (Å²) in [5, 5.41) is 5.54. The number of rotatable bonds is 2. The van der Waals surface area contributed by atoms with E-state index in [4.69, 9.17) is 4.42 Å². The van der Waals surface area contributed by atoms with E-state index in [-0.39, 0.29) is 12.5 Å². The number of nitrogens with zero attached hydrogens (tertiary/aromatic N) is 3. The van der Waals surface area contributed by atoms with Crippen molar-refractivity contribution in [3.8, 4) is 0 Å². The molecule has 136 valence electrons. The lowest BCUT2D eigenvalue weighted by Crippen LogP contribution is -2.44. The number of hydrogen-bond donors (Lipinski definition) is 0. The zero-order valence-corrected chi connectivity index (χ0v) is 15.4. The van der Waals surface area contributed by atoms with Crippen LogP contribution in [0.15, 0.2) is 33.6 Å². The van der Waals surface area contributed by atoms with Crippen LogP contribution in [0.1, 0.15) is 25.8 Å². The Hall–Kier alpha value is -2.63. The number of aryl methyl sites for hydroxylation is 1. The Morgan fingerprint density at radius 1 is 1.23 bits per heavy atom. The SMILES string of the molecule is Cc1ccc2oc(=O)c3cnn(CC(=O)N4C[C@H](C)C[C@H](C)C4)c3c2c1. The fourth-order valence-corrected chi connectivity index (χ4v) is 4.11. The van der Waals surface area contributed by atoms with Crippen LogP contribution in [0.3, 0.4) is 0 Å². The lowest BCUT2D eigenvalue weighted by atomic mass is 9.92. The van der Waals surface area contributed by atoms with Gasteiger partial charge >= 0.3 is 5.63 Å². The van der Waals surface area contributed by atoms with Crippen LogP contribution in [-0.4, -0.2) is 33.7 Å². The van der Waals surface area contributed by atoms with Crippen LogP contribution in [0, 0.1) is 18.8 Å². The maximum Gasteiger partial charge on any atom is 0.347 e. The molecule has 6 heteroatoms. The van der Waals surface area contributed by atoms with Gasteiger partial charge in [-0.15, -0.1) is 0 Å². The van der Waals surface area contributed by atoms with Crippen molar-refractivity contribution in [2.75, 3.05) is 13.1 Å². The molecule has 1 aliphatic heterocycles. The van der Waals surface area contributed by atoms with E-state index >= 15 is 0 Å². The molecule has 6 nitrogen and oxygen atoms in total. The highest BCUT2D eigenvalue weighted by Crippen LogP contribution is 2.25. The first-order valence-corrected chi connectivity index (χ1v) is 9.09. The standard InChI is InChI=1S/C20H23N3O3/c1-12-4-5-17-15(7-12)19-16(20(25)26-17)8-21-23(19)11-18(24)22-9-13(2)6-14(3)10-22/h4-5,7-8,13-14H,6,9-11H2,1-3H3/t13-,14+. The zero-order chi connectivity index (χ0) is 18.4. The maximum atomic E-state index is 12.9. The molecular formula is C20H23N3O3. The van der Waals surface area contributed by atoms with E-state index in [1.165, 1.54) is 6.20 Å². The summed E-state index contributed by atoms with van der Waals surface area (Å²) in [6.45, 7) is 8.05. The molecule has 2 atom stereocenters. The van der Waals surface area contributed by atoms with Gasteiger partial charge in [-0.3, -0.25) is 9.48 Å². The fraction of sp³-hybridized carbons (Fsp3) is 0.450. The number of benzene rings is 1. The third kappa shape index (κ3) is 2.89. The number of carbonyl (C=O) groups excluding carboxylic acids is 1. The van der Waals surface area contributed by atoms with E-state index in [1.807, 2.05) is 24.0 Å². The highest BCUT2D eigenvalue weighted by molar-refractivity contribution is 6.02. The normalized spacial score (nSPS) is 20.8. The monoisotopic (exact) mass is 353 g/mol. The predicted molar refractivity (Wildman–Crippen MR) is 100 cm³/mol. The Morgan fingerprint density at radius 2 is 1.96 bits per heavy atom. The number of likely N-dealkylation sites (tertiary alicyclic amines) is 1. The molecule has 0 bridgehead atoms. The van der Waals surface area contributed by atoms with Crippen molar-refractivity contribution in [2.45, 2.75) is 33.7 Å². The summed E-state index contributed by atoms with van der Waals surface area (Å²) in [4.78, 5) is 27.0. The van der Waals surface area contributed by atoms with Gasteiger partial charge in [-0.1, -0.05) is 25.5 Å². The lowest BCUT2D eigenvalue weighted by Gasteiger charge is -2.35. The van der Waals surface area contributed by atoms with Crippen LogP contribution in [0.25, 0.3) is 21.9 Å². The molecule has 3 aromatic rings. The molecule has 1 amide bonds. The van der Waals surface area contributed by atoms with Crippen molar-refractivity contribution in [1.82, 2.24) is 14.7 Å². The lowest BCUT2D eigenvalue weighted by molar-refractivity contribution is -0.134. The summed E-state index contributed by atoms with van der Waals surface area (Å²) in [6, 6.07) is 5.66. The molecular weight excluding hydrogens is 330 g/mol. The second-order valence-corrected chi connectivity index (χ2v) is 7.70. The van der Waals surface area contributed by atoms with Crippen molar-refractivity contribution >= 4 is 27.8 Å². The first-order chi connectivity index (χ1) is 12.4. The molecule has 26 heavy (non-hydrogen) atoms. The predicted octanol–water partition coefficient (Wildman–Crippen LogP) is 2.96. The van der Waals surface area contributed by atoms with Gasteiger partial charge in [0, 0.05) is 18.5 Å². The first-order valence-electron chi connectivity index (χ1n) is 9.09. The van der Waals surface area contributed by atoms with Crippen LogP contribution in [0.2, 0.25) is 0 Å². The van der Waals surface area contributed by atoms with Crippen LogP contribution in [-0.2, 0) is 11.3 Å². The average Bonchev–Trinajstić information content (AvgIpc) is 2.99. The van der Waals surface area contributed by atoms with Crippen LogP contribution in [0.5, 0.6) is 0 Å². The van der Waals surface area contributed by atoms with Crippen molar-refractivity contribution in [1.29, 1.82) is 0 Å². The summed E-state index contributed by atoms with van der Waals surface area (Å²) < 4.78 is 7.03. The van der Waals surface area contributed by atoms with E-state index in [2.05, 4.69) is 18.9 Å². The van der Waals surface area contributed by atoms with Gasteiger partial charge in [-0.2, -0.15) is 5.10 Å². The second-order valence-electron chi connectivity index (χ2n) is 7.70. The number of amides is 1. The Morgan fingerprint density at radius 3 is 2.69 bits per heavy atom. The topological polar surface area (TPSA) is 68.3 Å². The molecule has 0 saturated carbocycles. The van der Waals surface area contributed by atoms with Crippen molar-refractivity contribution < 1.29 is 9.21 Å². The Balaban J connectivity index is 1.75. The Kier molecular flexibility index (Phi) is 4.05. The average molecular weight is 353 g/mol. The molecule has 0 unspecified atom stereocenters. The van der Waals surface area contributed by atoms with Gasteiger partial charge in [0.1, 0.15) is 17.5 Å². The molecule has 2 aromatic heterocycles. The number of piperidine rings is 1. The molecule has 0 N–H and O–H groups in total. The smallest absolute Gasteiger partial charge is 0.347 e. The van der Waals surface area contributed by atoms with Gasteiger partial charge in [0.15, 0.2) is 0 Å². The van der Waals surface area contributed by atoms with Gasteiger partial charge in [-0.05, 0) is 37.3 Å². The van der Waals surface area contributed by atoms with E-state index in [9.17, 15) is 9.59 Å². The molecule has 1 fully saturated rings. The minimum atomic E-state index is -0.421. The van der Waals surface area contributed by atoms with Crippen LogP contribution < -0.4 is 5.63 Å².